The van der Waals surface area contributed by atoms with Gasteiger partial charge in [0.15, 0.2) is 18.1 Å². The summed E-state index contributed by atoms with van der Waals surface area (Å²) in [6.07, 6.45) is 0.777. The Hall–Kier alpha value is -3.26. The highest BCUT2D eigenvalue weighted by atomic mass is 35.5. The largest absolute Gasteiger partial charge is 0.493 e. The summed E-state index contributed by atoms with van der Waals surface area (Å²) in [5.74, 6) is -1.38. The zero-order chi connectivity index (χ0) is 21.2. The molecule has 2 N–H and O–H groups in total. The van der Waals surface area contributed by atoms with E-state index in [2.05, 4.69) is 10.9 Å². The van der Waals surface area contributed by atoms with Crippen molar-refractivity contribution in [2.24, 2.45) is 0 Å². The van der Waals surface area contributed by atoms with Gasteiger partial charge in [-0.1, -0.05) is 36.7 Å². The van der Waals surface area contributed by atoms with E-state index in [4.69, 9.17) is 25.8 Å². The molecule has 8 nitrogen and oxygen atoms in total. The van der Waals surface area contributed by atoms with E-state index in [1.54, 1.807) is 30.3 Å². The van der Waals surface area contributed by atoms with Gasteiger partial charge < -0.3 is 14.2 Å². The number of rotatable bonds is 8. The van der Waals surface area contributed by atoms with Crippen LogP contribution in [0.2, 0.25) is 5.02 Å². The Balaban J connectivity index is 1.90. The third-order valence-electron chi connectivity index (χ3n) is 3.60. The van der Waals surface area contributed by atoms with E-state index >= 15 is 0 Å². The molecule has 0 aromatic heterocycles. The fourth-order valence-corrected chi connectivity index (χ4v) is 2.49. The van der Waals surface area contributed by atoms with Crippen LogP contribution in [-0.4, -0.2) is 38.1 Å². The molecule has 29 heavy (non-hydrogen) atoms. The smallest absolute Gasteiger partial charge is 0.338 e. The molecule has 0 aliphatic heterocycles. The molecule has 0 fully saturated rings. The molecule has 0 spiro atoms. The normalized spacial score (nSPS) is 10.0. The van der Waals surface area contributed by atoms with Crippen LogP contribution in [0.3, 0.4) is 0 Å². The maximum absolute atomic E-state index is 12.2. The molecule has 0 atom stereocenters. The second-order valence-corrected chi connectivity index (χ2v) is 6.19. The lowest BCUT2D eigenvalue weighted by atomic mass is 10.2. The minimum atomic E-state index is -0.781. The second-order valence-electron chi connectivity index (χ2n) is 5.78. The molecule has 154 valence electrons. The van der Waals surface area contributed by atoms with Gasteiger partial charge >= 0.3 is 5.97 Å². The van der Waals surface area contributed by atoms with Crippen LogP contribution in [-0.2, 0) is 9.53 Å². The summed E-state index contributed by atoms with van der Waals surface area (Å²) in [5.41, 5.74) is 4.86. The van der Waals surface area contributed by atoms with Crippen molar-refractivity contribution in [1.82, 2.24) is 10.9 Å². The number of carbonyl (C=O) groups excluding carboxylic acids is 3. The van der Waals surface area contributed by atoms with Gasteiger partial charge in [0.2, 0.25) is 0 Å². The number of benzene rings is 2. The summed E-state index contributed by atoms with van der Waals surface area (Å²) < 4.78 is 15.7. The van der Waals surface area contributed by atoms with Crippen molar-refractivity contribution in [3.05, 3.63) is 58.6 Å². The average Bonchev–Trinajstić information content (AvgIpc) is 2.74. The Morgan fingerprint density at radius 2 is 1.76 bits per heavy atom. The Bertz CT molecular complexity index is 873. The molecular formula is C20H21ClN2O6. The highest BCUT2D eigenvalue weighted by Crippen LogP contribution is 2.36. The molecule has 0 unspecified atom stereocenters. The number of nitrogens with one attached hydrogen (secondary N) is 2. The number of hydrogen-bond acceptors (Lipinski definition) is 6. The van der Waals surface area contributed by atoms with Gasteiger partial charge in [-0.3, -0.25) is 20.4 Å². The number of ether oxygens (including phenoxy) is 3. The Morgan fingerprint density at radius 3 is 2.41 bits per heavy atom. The van der Waals surface area contributed by atoms with Gasteiger partial charge in [-0.15, -0.1) is 0 Å². The molecule has 0 saturated carbocycles. The number of esters is 1. The first kappa shape index (κ1) is 22.0. The number of carbonyl (C=O) groups is 3. The highest BCUT2D eigenvalue weighted by Gasteiger charge is 2.18. The van der Waals surface area contributed by atoms with E-state index in [0.717, 1.165) is 6.42 Å². The summed E-state index contributed by atoms with van der Waals surface area (Å²) in [7, 11) is 1.42. The fraction of sp³-hybridized carbons (Fsp3) is 0.250. The molecule has 9 heteroatoms. The number of amides is 2. The Labute approximate surface area is 173 Å². The van der Waals surface area contributed by atoms with E-state index < -0.39 is 24.4 Å². The zero-order valence-corrected chi connectivity index (χ0v) is 16.7. The van der Waals surface area contributed by atoms with Crippen molar-refractivity contribution in [2.75, 3.05) is 20.3 Å². The Morgan fingerprint density at radius 1 is 1.03 bits per heavy atom. The Kier molecular flexibility index (Phi) is 8.29. The molecule has 2 aromatic rings. The predicted octanol–water partition coefficient (Wildman–Crippen LogP) is 2.76. The van der Waals surface area contributed by atoms with E-state index in [0.29, 0.717) is 17.9 Å². The van der Waals surface area contributed by atoms with Crippen LogP contribution in [0.1, 0.15) is 34.1 Å². The van der Waals surface area contributed by atoms with E-state index in [1.807, 2.05) is 6.92 Å². The van der Waals surface area contributed by atoms with Crippen LogP contribution in [0.15, 0.2) is 42.5 Å². The SMILES string of the molecule is CCCOc1c(Cl)cc(C(=O)OCC(=O)NNC(=O)c2ccccc2)cc1OC. The first-order valence-electron chi connectivity index (χ1n) is 8.78. The summed E-state index contributed by atoms with van der Waals surface area (Å²) >= 11 is 6.16. The standard InChI is InChI=1S/C20H21ClN2O6/c1-3-9-28-18-15(21)10-14(11-16(18)27-2)20(26)29-12-17(24)22-23-19(25)13-7-5-4-6-8-13/h4-8,10-11H,3,9,12H2,1-2H3,(H,22,24)(H,23,25). The van der Waals surface area contributed by atoms with Crippen molar-refractivity contribution in [3.63, 3.8) is 0 Å². The topological polar surface area (TPSA) is 103 Å². The van der Waals surface area contributed by atoms with Crippen LogP contribution in [0.5, 0.6) is 11.5 Å². The number of methoxy groups -OCH3 is 1. The number of halogens is 1. The third kappa shape index (κ3) is 6.39. The van der Waals surface area contributed by atoms with Gasteiger partial charge in [-0.25, -0.2) is 4.79 Å². The van der Waals surface area contributed by atoms with Crippen molar-refractivity contribution >= 4 is 29.4 Å². The number of hydrogen-bond donors (Lipinski definition) is 2. The molecule has 0 saturated heterocycles. The third-order valence-corrected chi connectivity index (χ3v) is 3.88. The quantitative estimate of drug-likeness (QED) is 0.502. The first-order valence-corrected chi connectivity index (χ1v) is 9.15. The summed E-state index contributed by atoms with van der Waals surface area (Å²) in [4.78, 5) is 35.9. The van der Waals surface area contributed by atoms with Crippen LogP contribution in [0, 0.1) is 0 Å². The van der Waals surface area contributed by atoms with Gasteiger partial charge in [-0.2, -0.15) is 0 Å². The summed E-state index contributed by atoms with van der Waals surface area (Å²) in [6.45, 7) is 1.79. The molecule has 2 rings (SSSR count). The maximum atomic E-state index is 12.2. The lowest BCUT2D eigenvalue weighted by molar-refractivity contribution is -0.125. The lowest BCUT2D eigenvalue weighted by Crippen LogP contribution is -2.43. The van der Waals surface area contributed by atoms with Crippen molar-refractivity contribution < 1.29 is 28.6 Å². The maximum Gasteiger partial charge on any atom is 0.338 e. The monoisotopic (exact) mass is 420 g/mol. The lowest BCUT2D eigenvalue weighted by Gasteiger charge is -2.13. The zero-order valence-electron chi connectivity index (χ0n) is 16.0. The molecule has 2 amide bonds. The molecule has 2 aromatic carbocycles. The van der Waals surface area contributed by atoms with Crippen molar-refractivity contribution in [1.29, 1.82) is 0 Å². The van der Waals surface area contributed by atoms with Gasteiger partial charge in [0.05, 0.1) is 24.3 Å². The van der Waals surface area contributed by atoms with Crippen molar-refractivity contribution in [3.8, 4) is 11.5 Å². The van der Waals surface area contributed by atoms with Gasteiger partial charge in [-0.05, 0) is 30.7 Å². The first-order chi connectivity index (χ1) is 14.0. The predicted molar refractivity (Wildman–Crippen MR) is 106 cm³/mol. The van der Waals surface area contributed by atoms with Crippen LogP contribution in [0.4, 0.5) is 0 Å². The molecule has 0 aliphatic rings. The average molecular weight is 421 g/mol. The molecule has 0 heterocycles. The van der Waals surface area contributed by atoms with Crippen LogP contribution >= 0.6 is 11.6 Å². The van der Waals surface area contributed by atoms with E-state index in [1.165, 1.54) is 19.2 Å². The van der Waals surface area contributed by atoms with E-state index in [-0.39, 0.29) is 16.3 Å². The molecule has 0 bridgehead atoms. The van der Waals surface area contributed by atoms with Gasteiger partial charge in [0.25, 0.3) is 11.8 Å². The van der Waals surface area contributed by atoms with Gasteiger partial charge in [0, 0.05) is 5.56 Å². The van der Waals surface area contributed by atoms with E-state index in [9.17, 15) is 14.4 Å². The summed E-state index contributed by atoms with van der Waals surface area (Å²) in [5, 5.41) is 0.185. The molecule has 0 radical (unpaired) electrons. The molecule has 0 aliphatic carbocycles. The number of hydrazine groups is 1. The van der Waals surface area contributed by atoms with Crippen LogP contribution < -0.4 is 20.3 Å². The van der Waals surface area contributed by atoms with Crippen molar-refractivity contribution in [2.45, 2.75) is 13.3 Å². The fourth-order valence-electron chi connectivity index (χ4n) is 2.22. The molecular weight excluding hydrogens is 400 g/mol. The van der Waals surface area contributed by atoms with Gasteiger partial charge in [0.1, 0.15) is 0 Å². The minimum Gasteiger partial charge on any atom is -0.493 e. The second kappa shape index (κ2) is 10.9. The summed E-state index contributed by atoms with van der Waals surface area (Å²) in [6, 6.07) is 11.1. The minimum absolute atomic E-state index is 0.0943. The highest BCUT2D eigenvalue weighted by molar-refractivity contribution is 6.32. The van der Waals surface area contributed by atoms with Crippen LogP contribution in [0.25, 0.3) is 0 Å².